The number of benzene rings is 1. The molecule has 0 saturated heterocycles. The Morgan fingerprint density at radius 1 is 1.37 bits per heavy atom. The fourth-order valence-electron chi connectivity index (χ4n) is 1.50. The number of nitrogens with zero attached hydrogens (tertiary/aromatic N) is 1. The molecule has 0 aliphatic carbocycles. The summed E-state index contributed by atoms with van der Waals surface area (Å²) in [5.74, 6) is 0.369. The summed E-state index contributed by atoms with van der Waals surface area (Å²) in [5.41, 5.74) is 0.335. The molecule has 0 aliphatic heterocycles. The first-order chi connectivity index (χ1) is 9.01. The zero-order valence-corrected chi connectivity index (χ0v) is 10.1. The van der Waals surface area contributed by atoms with Gasteiger partial charge in [-0.2, -0.15) is 14.7 Å². The molecule has 100 valence electrons. The van der Waals surface area contributed by atoms with E-state index in [0.29, 0.717) is 5.39 Å². The van der Waals surface area contributed by atoms with Crippen molar-refractivity contribution in [3.8, 4) is 0 Å². The lowest BCUT2D eigenvalue weighted by atomic mass is 10.1. The van der Waals surface area contributed by atoms with Crippen LogP contribution in [0, 0.1) is 5.82 Å². The molecule has 1 aromatic carbocycles. The van der Waals surface area contributed by atoms with E-state index in [-0.39, 0.29) is 27.7 Å². The monoisotopic (exact) mass is 288 g/mol. The van der Waals surface area contributed by atoms with E-state index in [0.717, 1.165) is 6.07 Å². The largest absolute Gasteiger partial charge is 0.370 e. The van der Waals surface area contributed by atoms with Crippen molar-refractivity contribution in [3.05, 3.63) is 35.8 Å². The zero-order valence-electron chi connectivity index (χ0n) is 9.27. The first kappa shape index (κ1) is 13.6. The van der Waals surface area contributed by atoms with Crippen LogP contribution in [0.25, 0.3) is 10.9 Å². The van der Waals surface area contributed by atoms with Gasteiger partial charge in [0.1, 0.15) is 5.82 Å². The summed E-state index contributed by atoms with van der Waals surface area (Å²) >= 11 is 0.0949. The second-order valence-corrected chi connectivity index (χ2v) is 4.52. The Morgan fingerprint density at radius 2 is 2.11 bits per heavy atom. The van der Waals surface area contributed by atoms with Gasteiger partial charge in [0.15, 0.2) is 0 Å². The van der Waals surface area contributed by atoms with Gasteiger partial charge in [0.2, 0.25) is 0 Å². The highest BCUT2D eigenvalue weighted by Gasteiger charge is 2.14. The third-order valence-electron chi connectivity index (χ3n) is 2.29. The second kappa shape index (κ2) is 5.45. The minimum absolute atomic E-state index is 0.0451. The van der Waals surface area contributed by atoms with Crippen molar-refractivity contribution in [3.63, 3.8) is 0 Å². The van der Waals surface area contributed by atoms with Crippen molar-refractivity contribution in [2.24, 2.45) is 5.90 Å². The second-order valence-electron chi connectivity index (χ2n) is 3.48. The molecule has 4 nitrogen and oxygen atoms in total. The van der Waals surface area contributed by atoms with E-state index in [2.05, 4.69) is 9.82 Å². The van der Waals surface area contributed by atoms with E-state index in [1.54, 1.807) is 0 Å². The van der Waals surface area contributed by atoms with Crippen LogP contribution in [0.5, 0.6) is 0 Å². The Bertz CT molecular complexity index is 637. The van der Waals surface area contributed by atoms with Gasteiger partial charge in [-0.05, 0) is 18.2 Å². The number of hydrogen-bond donors (Lipinski definition) is 1. The van der Waals surface area contributed by atoms with Crippen LogP contribution in [-0.2, 0) is 4.84 Å². The Kier molecular flexibility index (Phi) is 3.91. The molecule has 0 radical (unpaired) electrons. The Labute approximate surface area is 109 Å². The Balaban J connectivity index is 2.49. The van der Waals surface area contributed by atoms with Gasteiger partial charge >= 0.3 is 5.97 Å². The molecule has 2 aromatic rings. The maximum absolute atomic E-state index is 13.6. The van der Waals surface area contributed by atoms with Crippen LogP contribution in [0.1, 0.15) is 10.4 Å². The van der Waals surface area contributed by atoms with Crippen molar-refractivity contribution in [2.45, 2.75) is 10.7 Å². The molecule has 0 atom stereocenters. The summed E-state index contributed by atoms with van der Waals surface area (Å²) in [6, 6.07) is 3.54. The maximum atomic E-state index is 13.6. The molecule has 1 aromatic heterocycles. The highest BCUT2D eigenvalue weighted by molar-refractivity contribution is 7.99. The lowest BCUT2D eigenvalue weighted by Gasteiger charge is -2.05. The van der Waals surface area contributed by atoms with E-state index in [1.165, 1.54) is 18.3 Å². The number of alkyl halides is 2. The summed E-state index contributed by atoms with van der Waals surface area (Å²) in [4.78, 5) is 18.9. The minimum Gasteiger partial charge on any atom is -0.370 e. The number of fused-ring (bicyclic) bond motifs is 1. The molecule has 0 amide bonds. The van der Waals surface area contributed by atoms with Crippen molar-refractivity contribution in [2.75, 3.05) is 0 Å². The third kappa shape index (κ3) is 2.96. The number of thioether (sulfide) groups is 1. The molecule has 19 heavy (non-hydrogen) atoms. The van der Waals surface area contributed by atoms with Crippen molar-refractivity contribution in [1.82, 2.24) is 4.98 Å². The number of halogens is 3. The predicted molar refractivity (Wildman–Crippen MR) is 63.2 cm³/mol. The van der Waals surface area contributed by atoms with Crippen LogP contribution in [0.4, 0.5) is 13.2 Å². The van der Waals surface area contributed by atoms with Crippen LogP contribution in [0.15, 0.2) is 29.3 Å². The number of rotatable bonds is 3. The molecule has 0 saturated carbocycles. The highest BCUT2D eigenvalue weighted by atomic mass is 32.2. The van der Waals surface area contributed by atoms with E-state index in [4.69, 9.17) is 5.90 Å². The number of carbonyl (C=O) groups excluding carboxylic acids is 1. The lowest BCUT2D eigenvalue weighted by molar-refractivity contribution is 0.0503. The SMILES string of the molecule is NOC(=O)c1cnc2cc(SC(F)F)c(F)cc2c1. The van der Waals surface area contributed by atoms with Gasteiger partial charge < -0.3 is 4.84 Å². The summed E-state index contributed by atoms with van der Waals surface area (Å²) in [7, 11) is 0. The molecule has 0 aliphatic rings. The molecule has 0 fully saturated rings. The summed E-state index contributed by atoms with van der Waals surface area (Å²) in [6.45, 7) is 0. The number of pyridine rings is 1. The average molecular weight is 288 g/mol. The van der Waals surface area contributed by atoms with Gasteiger partial charge in [0.25, 0.3) is 5.76 Å². The normalized spacial score (nSPS) is 11.0. The predicted octanol–water partition coefficient (Wildman–Crippen LogP) is 2.72. The zero-order chi connectivity index (χ0) is 14.0. The van der Waals surface area contributed by atoms with Gasteiger partial charge in [-0.1, -0.05) is 11.8 Å². The summed E-state index contributed by atoms with van der Waals surface area (Å²) in [6.07, 6.45) is 1.17. The average Bonchev–Trinajstić information content (AvgIpc) is 2.37. The number of nitrogens with two attached hydrogens (primary N) is 1. The fourth-order valence-corrected chi connectivity index (χ4v) is 2.04. The molecule has 2 N–H and O–H groups in total. The van der Waals surface area contributed by atoms with Gasteiger partial charge in [0, 0.05) is 11.6 Å². The van der Waals surface area contributed by atoms with E-state index < -0.39 is 17.5 Å². The Hall–Kier alpha value is -1.80. The van der Waals surface area contributed by atoms with Crippen LogP contribution in [0.3, 0.4) is 0 Å². The number of aromatic nitrogens is 1. The quantitative estimate of drug-likeness (QED) is 0.695. The van der Waals surface area contributed by atoms with Crippen molar-refractivity contribution in [1.29, 1.82) is 0 Å². The molecular weight excluding hydrogens is 281 g/mol. The first-order valence-corrected chi connectivity index (χ1v) is 5.84. The van der Waals surface area contributed by atoms with Crippen molar-refractivity contribution < 1.29 is 22.8 Å². The third-order valence-corrected chi connectivity index (χ3v) is 3.04. The van der Waals surface area contributed by atoms with E-state index in [1.807, 2.05) is 0 Å². The molecule has 0 bridgehead atoms. The maximum Gasteiger partial charge on any atom is 0.358 e. The van der Waals surface area contributed by atoms with E-state index >= 15 is 0 Å². The fraction of sp³-hybridized carbons (Fsp3) is 0.0909. The van der Waals surface area contributed by atoms with Crippen molar-refractivity contribution >= 4 is 28.6 Å². The van der Waals surface area contributed by atoms with E-state index in [9.17, 15) is 18.0 Å². The minimum atomic E-state index is -2.72. The number of carbonyl (C=O) groups is 1. The highest BCUT2D eigenvalue weighted by Crippen LogP contribution is 2.30. The molecule has 0 unspecified atom stereocenters. The molecular formula is C11H7F3N2O2S. The molecule has 2 rings (SSSR count). The summed E-state index contributed by atoms with van der Waals surface area (Å²) < 4.78 is 38.0. The molecule has 0 spiro atoms. The van der Waals surface area contributed by atoms with Crippen LogP contribution in [0.2, 0.25) is 0 Å². The van der Waals surface area contributed by atoms with Gasteiger partial charge in [-0.3, -0.25) is 4.98 Å². The van der Waals surface area contributed by atoms with Crippen LogP contribution in [-0.4, -0.2) is 16.7 Å². The van der Waals surface area contributed by atoms with Gasteiger partial charge in [-0.25, -0.2) is 9.18 Å². The molecule has 1 heterocycles. The van der Waals surface area contributed by atoms with Gasteiger partial charge in [-0.15, -0.1) is 0 Å². The van der Waals surface area contributed by atoms with Crippen LogP contribution < -0.4 is 5.90 Å². The number of hydrogen-bond acceptors (Lipinski definition) is 5. The standard InChI is InChI=1S/C11H7F3N2O2S/c12-7-2-5-1-6(10(17)18-15)4-16-8(5)3-9(7)19-11(13)14/h1-4,11H,15H2. The topological polar surface area (TPSA) is 65.2 Å². The van der Waals surface area contributed by atoms with Crippen LogP contribution >= 0.6 is 11.8 Å². The lowest BCUT2D eigenvalue weighted by Crippen LogP contribution is -2.10. The first-order valence-electron chi connectivity index (χ1n) is 4.96. The summed E-state index contributed by atoms with van der Waals surface area (Å²) in [5, 5.41) is 0.291. The smallest absolute Gasteiger partial charge is 0.358 e. The van der Waals surface area contributed by atoms with Gasteiger partial charge in [0.05, 0.1) is 16.0 Å². The Morgan fingerprint density at radius 3 is 2.74 bits per heavy atom. The molecule has 8 heteroatoms.